The quantitative estimate of drug-likeness (QED) is 0.817. The molecule has 0 aliphatic rings. The van der Waals surface area contributed by atoms with Gasteiger partial charge >= 0.3 is 0 Å². The van der Waals surface area contributed by atoms with Gasteiger partial charge in [-0.2, -0.15) is 0 Å². The van der Waals surface area contributed by atoms with Crippen molar-refractivity contribution in [2.45, 2.75) is 52.6 Å². The third kappa shape index (κ3) is 4.04. The highest BCUT2D eigenvalue weighted by Gasteiger charge is 2.09. The zero-order valence-corrected chi connectivity index (χ0v) is 11.5. The molecule has 1 atom stereocenters. The SMILES string of the molecule is CCC(CCN)Oc1ccc(C(C)C)c(C)c1. The average molecular weight is 235 g/mol. The van der Waals surface area contributed by atoms with Crippen LogP contribution < -0.4 is 10.5 Å². The molecule has 0 heterocycles. The van der Waals surface area contributed by atoms with Crippen LogP contribution >= 0.6 is 0 Å². The molecule has 0 aromatic heterocycles. The Kier molecular flexibility index (Phi) is 5.49. The van der Waals surface area contributed by atoms with Crippen molar-refractivity contribution in [1.29, 1.82) is 0 Å². The summed E-state index contributed by atoms with van der Waals surface area (Å²) >= 11 is 0. The van der Waals surface area contributed by atoms with Crippen molar-refractivity contribution in [2.75, 3.05) is 6.54 Å². The van der Waals surface area contributed by atoms with Gasteiger partial charge < -0.3 is 10.5 Å². The first-order valence-electron chi connectivity index (χ1n) is 6.55. The van der Waals surface area contributed by atoms with E-state index in [2.05, 4.69) is 45.9 Å². The molecular weight excluding hydrogens is 210 g/mol. The summed E-state index contributed by atoms with van der Waals surface area (Å²) in [6.07, 6.45) is 2.16. The van der Waals surface area contributed by atoms with Gasteiger partial charge in [0.15, 0.2) is 0 Å². The van der Waals surface area contributed by atoms with Crippen LogP contribution in [-0.4, -0.2) is 12.6 Å². The number of hydrogen-bond acceptors (Lipinski definition) is 2. The minimum Gasteiger partial charge on any atom is -0.490 e. The Morgan fingerprint density at radius 2 is 2.00 bits per heavy atom. The molecular formula is C15H25NO. The molecule has 1 rings (SSSR count). The minimum atomic E-state index is 0.240. The molecule has 0 fully saturated rings. The van der Waals surface area contributed by atoms with Gasteiger partial charge in [-0.1, -0.05) is 26.8 Å². The second-order valence-corrected chi connectivity index (χ2v) is 4.90. The van der Waals surface area contributed by atoms with E-state index in [0.29, 0.717) is 12.5 Å². The van der Waals surface area contributed by atoms with Crippen molar-refractivity contribution in [2.24, 2.45) is 5.73 Å². The van der Waals surface area contributed by atoms with Gasteiger partial charge in [0.1, 0.15) is 5.75 Å². The van der Waals surface area contributed by atoms with Crippen LogP contribution in [0.5, 0.6) is 5.75 Å². The largest absolute Gasteiger partial charge is 0.490 e. The van der Waals surface area contributed by atoms with E-state index in [1.165, 1.54) is 11.1 Å². The summed E-state index contributed by atoms with van der Waals surface area (Å²) in [6, 6.07) is 6.38. The summed E-state index contributed by atoms with van der Waals surface area (Å²) in [4.78, 5) is 0. The fraction of sp³-hybridized carbons (Fsp3) is 0.600. The number of hydrogen-bond donors (Lipinski definition) is 1. The van der Waals surface area contributed by atoms with Gasteiger partial charge in [0.25, 0.3) is 0 Å². The van der Waals surface area contributed by atoms with Crippen molar-refractivity contribution in [3.8, 4) is 5.75 Å². The number of ether oxygens (including phenoxy) is 1. The van der Waals surface area contributed by atoms with Gasteiger partial charge in [-0.05, 0) is 55.5 Å². The number of nitrogens with two attached hydrogens (primary N) is 1. The van der Waals surface area contributed by atoms with E-state index in [1.54, 1.807) is 0 Å². The molecule has 0 spiro atoms. The second kappa shape index (κ2) is 6.65. The van der Waals surface area contributed by atoms with E-state index >= 15 is 0 Å². The number of benzene rings is 1. The Labute approximate surface area is 105 Å². The molecule has 96 valence electrons. The summed E-state index contributed by atoms with van der Waals surface area (Å²) in [6.45, 7) is 9.39. The highest BCUT2D eigenvalue weighted by Crippen LogP contribution is 2.24. The maximum absolute atomic E-state index is 5.94. The normalized spacial score (nSPS) is 12.8. The molecule has 0 radical (unpaired) electrons. The molecule has 0 aliphatic heterocycles. The van der Waals surface area contributed by atoms with E-state index in [-0.39, 0.29) is 6.10 Å². The monoisotopic (exact) mass is 235 g/mol. The van der Waals surface area contributed by atoms with E-state index in [9.17, 15) is 0 Å². The molecule has 1 unspecified atom stereocenters. The predicted molar refractivity (Wildman–Crippen MR) is 73.6 cm³/mol. The maximum Gasteiger partial charge on any atom is 0.120 e. The number of rotatable bonds is 6. The van der Waals surface area contributed by atoms with Crippen LogP contribution in [0.2, 0.25) is 0 Å². The van der Waals surface area contributed by atoms with E-state index < -0.39 is 0 Å². The topological polar surface area (TPSA) is 35.2 Å². The lowest BCUT2D eigenvalue weighted by Gasteiger charge is -2.18. The fourth-order valence-electron chi connectivity index (χ4n) is 2.09. The van der Waals surface area contributed by atoms with E-state index in [0.717, 1.165) is 18.6 Å². The molecule has 0 aliphatic carbocycles. The van der Waals surface area contributed by atoms with Crippen molar-refractivity contribution in [3.63, 3.8) is 0 Å². The van der Waals surface area contributed by atoms with Gasteiger partial charge in [0, 0.05) is 0 Å². The average Bonchev–Trinajstić information content (AvgIpc) is 2.28. The Bertz CT molecular complexity index is 347. The Balaban J connectivity index is 2.76. The third-order valence-corrected chi connectivity index (χ3v) is 3.11. The maximum atomic E-state index is 5.94. The Morgan fingerprint density at radius 1 is 1.29 bits per heavy atom. The molecule has 2 N–H and O–H groups in total. The standard InChI is InChI=1S/C15H25NO/c1-5-13(8-9-16)17-14-6-7-15(11(2)3)12(4)10-14/h6-7,10-11,13H,5,8-9,16H2,1-4H3. The van der Waals surface area contributed by atoms with Crippen molar-refractivity contribution in [1.82, 2.24) is 0 Å². The van der Waals surface area contributed by atoms with Crippen LogP contribution in [-0.2, 0) is 0 Å². The molecule has 0 amide bonds. The summed E-state index contributed by atoms with van der Waals surface area (Å²) in [5.41, 5.74) is 8.27. The summed E-state index contributed by atoms with van der Waals surface area (Å²) in [5, 5.41) is 0. The summed E-state index contributed by atoms with van der Waals surface area (Å²) < 4.78 is 5.94. The van der Waals surface area contributed by atoms with Crippen LogP contribution in [0.15, 0.2) is 18.2 Å². The van der Waals surface area contributed by atoms with E-state index in [1.807, 2.05) is 0 Å². The molecule has 2 heteroatoms. The van der Waals surface area contributed by atoms with Crippen molar-refractivity contribution in [3.05, 3.63) is 29.3 Å². The lowest BCUT2D eigenvalue weighted by molar-refractivity contribution is 0.189. The summed E-state index contributed by atoms with van der Waals surface area (Å²) in [7, 11) is 0. The first kappa shape index (κ1) is 14.0. The highest BCUT2D eigenvalue weighted by molar-refractivity contribution is 5.36. The first-order chi connectivity index (χ1) is 8.08. The molecule has 0 bridgehead atoms. The lowest BCUT2D eigenvalue weighted by Crippen LogP contribution is -2.19. The zero-order valence-electron chi connectivity index (χ0n) is 11.5. The first-order valence-corrected chi connectivity index (χ1v) is 6.55. The molecule has 17 heavy (non-hydrogen) atoms. The highest BCUT2D eigenvalue weighted by atomic mass is 16.5. The zero-order chi connectivity index (χ0) is 12.8. The van der Waals surface area contributed by atoms with Crippen molar-refractivity contribution >= 4 is 0 Å². The predicted octanol–water partition coefficient (Wildman–Crippen LogP) is 3.62. The van der Waals surface area contributed by atoms with Crippen LogP contribution in [0.4, 0.5) is 0 Å². The summed E-state index contributed by atoms with van der Waals surface area (Å²) in [5.74, 6) is 1.53. The van der Waals surface area contributed by atoms with Crippen LogP contribution in [0.1, 0.15) is 50.7 Å². The lowest BCUT2D eigenvalue weighted by atomic mass is 9.98. The van der Waals surface area contributed by atoms with Gasteiger partial charge in [0.2, 0.25) is 0 Å². The molecule has 2 nitrogen and oxygen atoms in total. The number of aryl methyl sites for hydroxylation is 1. The molecule has 1 aromatic rings. The second-order valence-electron chi connectivity index (χ2n) is 4.90. The van der Waals surface area contributed by atoms with Crippen LogP contribution in [0.25, 0.3) is 0 Å². The van der Waals surface area contributed by atoms with Gasteiger partial charge in [0.05, 0.1) is 6.10 Å². The third-order valence-electron chi connectivity index (χ3n) is 3.11. The van der Waals surface area contributed by atoms with Crippen molar-refractivity contribution < 1.29 is 4.74 Å². The molecule has 0 saturated heterocycles. The fourth-order valence-corrected chi connectivity index (χ4v) is 2.09. The molecule has 0 saturated carbocycles. The Hall–Kier alpha value is -1.02. The van der Waals surface area contributed by atoms with E-state index in [4.69, 9.17) is 10.5 Å². The smallest absolute Gasteiger partial charge is 0.120 e. The van der Waals surface area contributed by atoms with Gasteiger partial charge in [-0.15, -0.1) is 0 Å². The van der Waals surface area contributed by atoms with Crippen LogP contribution in [0.3, 0.4) is 0 Å². The minimum absolute atomic E-state index is 0.240. The Morgan fingerprint density at radius 3 is 2.47 bits per heavy atom. The van der Waals surface area contributed by atoms with Gasteiger partial charge in [-0.25, -0.2) is 0 Å². The van der Waals surface area contributed by atoms with Gasteiger partial charge in [-0.3, -0.25) is 0 Å². The molecule has 1 aromatic carbocycles. The van der Waals surface area contributed by atoms with Crippen LogP contribution in [0, 0.1) is 6.92 Å².